The first kappa shape index (κ1) is 19.0. The van der Waals surface area contributed by atoms with Gasteiger partial charge in [0.25, 0.3) is 0 Å². The maximum atomic E-state index is 13.6. The summed E-state index contributed by atoms with van der Waals surface area (Å²) in [6.45, 7) is 1.78. The highest BCUT2D eigenvalue weighted by molar-refractivity contribution is 5.92. The van der Waals surface area contributed by atoms with Crippen molar-refractivity contribution < 1.29 is 17.9 Å². The maximum absolute atomic E-state index is 13.6. The fraction of sp³-hybridized carbons (Fsp3) is 0.500. The lowest BCUT2D eigenvalue weighted by Gasteiger charge is -2.32. The molecule has 0 amide bonds. The second-order valence-corrected chi connectivity index (χ2v) is 9.08. The van der Waals surface area contributed by atoms with E-state index >= 15 is 0 Å². The summed E-state index contributed by atoms with van der Waals surface area (Å²) >= 11 is 0. The van der Waals surface area contributed by atoms with Crippen LogP contribution < -0.4 is 10.1 Å². The van der Waals surface area contributed by atoms with Crippen molar-refractivity contribution in [3.63, 3.8) is 0 Å². The van der Waals surface area contributed by atoms with E-state index in [4.69, 9.17) is 4.74 Å². The maximum Gasteiger partial charge on any atom is 0.398 e. The molecule has 1 spiro atoms. The Bertz CT molecular complexity index is 1150. The third-order valence-electron chi connectivity index (χ3n) is 7.23. The zero-order valence-corrected chi connectivity index (χ0v) is 16.8. The number of hydrogen-bond acceptors (Lipinski definition) is 5. The number of rotatable bonds is 4. The third-order valence-corrected chi connectivity index (χ3v) is 7.23. The lowest BCUT2D eigenvalue weighted by atomic mass is 9.92. The van der Waals surface area contributed by atoms with Crippen LogP contribution in [0.25, 0.3) is 22.3 Å². The van der Waals surface area contributed by atoms with E-state index in [1.54, 1.807) is 30.6 Å². The minimum absolute atomic E-state index is 0.0508. The Morgan fingerprint density at radius 3 is 2.65 bits per heavy atom. The molecule has 1 aliphatic heterocycles. The van der Waals surface area contributed by atoms with Crippen molar-refractivity contribution in [3.05, 3.63) is 36.2 Å². The Morgan fingerprint density at radius 2 is 1.90 bits per heavy atom. The van der Waals surface area contributed by atoms with Gasteiger partial charge < -0.3 is 10.1 Å². The molecule has 2 aliphatic carbocycles. The Hall–Kier alpha value is -2.68. The quantitative estimate of drug-likeness (QED) is 0.652. The molecule has 1 atom stereocenters. The molecular formula is C22H22F3N5O. The van der Waals surface area contributed by atoms with Crippen LogP contribution in [0.5, 0.6) is 5.88 Å². The second kappa shape index (κ2) is 6.41. The van der Waals surface area contributed by atoms with Crippen molar-refractivity contribution >= 4 is 10.9 Å². The Morgan fingerprint density at radius 1 is 1.06 bits per heavy atom. The summed E-state index contributed by atoms with van der Waals surface area (Å²) in [7, 11) is 0. The first-order chi connectivity index (χ1) is 14.9. The number of H-pyrrole nitrogens is 1. The number of piperidine rings is 1. The summed E-state index contributed by atoms with van der Waals surface area (Å²) in [5.74, 6) is 0.415. The molecule has 3 heterocycles. The summed E-state index contributed by atoms with van der Waals surface area (Å²) in [4.78, 5) is 8.85. The SMILES string of the molecule is FC(F)(F)C1(c2ccc3[nH]nc(-c4cncc(O[C@H]5CNCCC56CC6)n4)c3c2)CC1. The Balaban J connectivity index is 1.34. The van der Waals surface area contributed by atoms with Crippen molar-refractivity contribution in [2.24, 2.45) is 5.41 Å². The molecule has 3 fully saturated rings. The highest BCUT2D eigenvalue weighted by atomic mass is 19.4. The van der Waals surface area contributed by atoms with Gasteiger partial charge in [-0.1, -0.05) is 6.07 Å². The number of benzene rings is 1. The summed E-state index contributed by atoms with van der Waals surface area (Å²) in [5, 5.41) is 11.2. The van der Waals surface area contributed by atoms with Gasteiger partial charge in [-0.15, -0.1) is 0 Å². The molecule has 0 bridgehead atoms. The van der Waals surface area contributed by atoms with E-state index in [0.717, 1.165) is 19.5 Å². The van der Waals surface area contributed by atoms with Crippen molar-refractivity contribution in [3.8, 4) is 17.3 Å². The number of hydrogen-bond donors (Lipinski definition) is 2. The van der Waals surface area contributed by atoms with E-state index in [2.05, 4.69) is 25.5 Å². The van der Waals surface area contributed by atoms with Crippen LogP contribution in [0, 0.1) is 5.41 Å². The van der Waals surface area contributed by atoms with Gasteiger partial charge >= 0.3 is 6.18 Å². The second-order valence-electron chi connectivity index (χ2n) is 9.08. The number of aromatic amines is 1. The largest absolute Gasteiger partial charge is 0.471 e. The third kappa shape index (κ3) is 3.01. The molecule has 1 saturated heterocycles. The number of nitrogens with zero attached hydrogens (tertiary/aromatic N) is 3. The van der Waals surface area contributed by atoms with Gasteiger partial charge in [0.05, 0.1) is 23.3 Å². The zero-order chi connectivity index (χ0) is 21.3. The molecule has 3 aliphatic rings. The predicted molar refractivity (Wildman–Crippen MR) is 108 cm³/mol. The van der Waals surface area contributed by atoms with E-state index in [-0.39, 0.29) is 29.9 Å². The van der Waals surface area contributed by atoms with Crippen molar-refractivity contribution in [2.75, 3.05) is 13.1 Å². The fourth-order valence-corrected chi connectivity index (χ4v) is 4.88. The van der Waals surface area contributed by atoms with Crippen LogP contribution in [0.3, 0.4) is 0 Å². The van der Waals surface area contributed by atoms with Gasteiger partial charge in [-0.2, -0.15) is 18.3 Å². The van der Waals surface area contributed by atoms with E-state index in [1.807, 2.05) is 0 Å². The first-order valence-corrected chi connectivity index (χ1v) is 10.7. The highest BCUT2D eigenvalue weighted by Crippen LogP contribution is 2.59. The molecule has 0 unspecified atom stereocenters. The van der Waals surface area contributed by atoms with Crippen molar-refractivity contribution in [1.82, 2.24) is 25.5 Å². The van der Waals surface area contributed by atoms with Crippen LogP contribution in [-0.4, -0.2) is 45.5 Å². The molecule has 2 aromatic heterocycles. The highest BCUT2D eigenvalue weighted by Gasteiger charge is 2.64. The van der Waals surface area contributed by atoms with Gasteiger partial charge in [0.2, 0.25) is 5.88 Å². The van der Waals surface area contributed by atoms with Crippen LogP contribution in [0.4, 0.5) is 13.2 Å². The summed E-state index contributed by atoms with van der Waals surface area (Å²) < 4.78 is 47.0. The summed E-state index contributed by atoms with van der Waals surface area (Å²) in [5.41, 5.74) is 0.409. The molecule has 9 heteroatoms. The Kier molecular flexibility index (Phi) is 3.94. The lowest BCUT2D eigenvalue weighted by molar-refractivity contribution is -0.160. The fourth-order valence-electron chi connectivity index (χ4n) is 4.88. The zero-order valence-electron chi connectivity index (χ0n) is 16.8. The topological polar surface area (TPSA) is 75.7 Å². The van der Waals surface area contributed by atoms with Gasteiger partial charge in [-0.25, -0.2) is 4.98 Å². The number of ether oxygens (including phenoxy) is 1. The van der Waals surface area contributed by atoms with Crippen LogP contribution in [0.15, 0.2) is 30.6 Å². The van der Waals surface area contributed by atoms with Crippen LogP contribution >= 0.6 is 0 Å². The summed E-state index contributed by atoms with van der Waals surface area (Å²) in [6.07, 6.45) is 2.61. The standard InChI is InChI=1S/C22H22F3N5O/c23-22(24,25)21(5-6-21)13-1-2-15-14(9-13)19(30-29-15)16-10-27-12-18(28-16)31-17-11-26-8-7-20(17)3-4-20/h1-2,9-10,12,17,26H,3-8,11H2,(H,29,30)/t17-/m0/s1. The molecule has 6 nitrogen and oxygen atoms in total. The number of alkyl halides is 3. The average Bonchev–Trinajstić information content (AvgIpc) is 3.67. The molecule has 6 rings (SSSR count). The molecule has 1 aromatic carbocycles. The van der Waals surface area contributed by atoms with E-state index in [1.165, 1.54) is 12.8 Å². The molecule has 2 N–H and O–H groups in total. The smallest absolute Gasteiger partial charge is 0.398 e. The number of nitrogens with one attached hydrogen (secondary N) is 2. The minimum Gasteiger partial charge on any atom is -0.471 e. The van der Waals surface area contributed by atoms with Crippen LogP contribution in [0.1, 0.15) is 37.7 Å². The minimum atomic E-state index is -4.26. The molecule has 31 heavy (non-hydrogen) atoms. The van der Waals surface area contributed by atoms with E-state index < -0.39 is 11.6 Å². The van der Waals surface area contributed by atoms with Crippen LogP contribution in [-0.2, 0) is 5.41 Å². The number of fused-ring (bicyclic) bond motifs is 1. The molecule has 3 aromatic rings. The van der Waals surface area contributed by atoms with Gasteiger partial charge in [0.1, 0.15) is 17.5 Å². The first-order valence-electron chi connectivity index (χ1n) is 10.7. The molecule has 0 radical (unpaired) electrons. The van der Waals surface area contributed by atoms with Crippen molar-refractivity contribution in [2.45, 2.75) is 49.8 Å². The molecule has 162 valence electrons. The van der Waals surface area contributed by atoms with Crippen LogP contribution in [0.2, 0.25) is 0 Å². The van der Waals surface area contributed by atoms with Gasteiger partial charge in [-0.05, 0) is 56.3 Å². The molecule has 2 saturated carbocycles. The van der Waals surface area contributed by atoms with Gasteiger partial charge in [-0.3, -0.25) is 10.1 Å². The summed E-state index contributed by atoms with van der Waals surface area (Å²) in [6, 6.07) is 4.79. The Labute approximate surface area is 176 Å². The van der Waals surface area contributed by atoms with E-state index in [0.29, 0.717) is 28.2 Å². The number of halogens is 3. The van der Waals surface area contributed by atoms with Crippen molar-refractivity contribution in [1.29, 1.82) is 0 Å². The lowest BCUT2D eigenvalue weighted by Crippen LogP contribution is -2.45. The predicted octanol–water partition coefficient (Wildman–Crippen LogP) is 4.13. The molecular weight excluding hydrogens is 407 g/mol. The van der Waals surface area contributed by atoms with E-state index in [9.17, 15) is 13.2 Å². The normalized spacial score (nSPS) is 23.8. The monoisotopic (exact) mass is 429 g/mol. The van der Waals surface area contributed by atoms with Gasteiger partial charge in [0, 0.05) is 17.3 Å². The number of aromatic nitrogens is 4. The average molecular weight is 429 g/mol. The van der Waals surface area contributed by atoms with Gasteiger partial charge in [0.15, 0.2) is 0 Å².